The van der Waals surface area contributed by atoms with E-state index in [1.54, 1.807) is 0 Å². The Morgan fingerprint density at radius 3 is 1.84 bits per heavy atom. The molecule has 0 heterocycles. The van der Waals surface area contributed by atoms with E-state index in [0.29, 0.717) is 6.42 Å². The van der Waals surface area contributed by atoms with Gasteiger partial charge in [0.05, 0.1) is 0 Å². The molecule has 0 radical (unpaired) electrons. The first-order valence-corrected chi connectivity index (χ1v) is 7.64. The van der Waals surface area contributed by atoms with Gasteiger partial charge >= 0.3 is 43.7 Å². The number of aliphatic carboxylic acids is 1. The van der Waals surface area contributed by atoms with Crippen LogP contribution in [-0.4, -0.2) is 48.8 Å². The minimum atomic E-state index is -0.666. The van der Waals surface area contributed by atoms with Crippen LogP contribution in [0.1, 0.15) is 84.0 Å². The zero-order valence-electron chi connectivity index (χ0n) is 12.0. The van der Waals surface area contributed by atoms with Crippen molar-refractivity contribution in [3.8, 4) is 0 Å². The van der Waals surface area contributed by atoms with Crippen molar-refractivity contribution in [2.24, 2.45) is 0 Å². The fourth-order valence-electron chi connectivity index (χ4n) is 1.99. The van der Waals surface area contributed by atoms with Crippen molar-refractivity contribution in [2.75, 3.05) is 0 Å². The summed E-state index contributed by atoms with van der Waals surface area (Å²) in [6, 6.07) is 0. The Bertz CT molecular complexity index is 215. The number of carboxylic acids is 1. The number of rotatable bonds is 13. The molecule has 0 aliphatic heterocycles. The molecule has 0 saturated carbocycles. The van der Waals surface area contributed by atoms with Crippen LogP contribution in [0.2, 0.25) is 0 Å². The van der Waals surface area contributed by atoms with E-state index in [0.717, 1.165) is 12.8 Å². The molecule has 3 heteroatoms. The topological polar surface area (TPSA) is 37.3 Å². The van der Waals surface area contributed by atoms with Crippen molar-refractivity contribution in [3.05, 3.63) is 12.2 Å². The molecule has 0 aliphatic carbocycles. The van der Waals surface area contributed by atoms with Crippen LogP contribution in [0, 0.1) is 0 Å². The van der Waals surface area contributed by atoms with Gasteiger partial charge in [0, 0.05) is 6.42 Å². The number of carbonyl (C=O) groups is 1. The van der Waals surface area contributed by atoms with E-state index in [1.165, 1.54) is 57.8 Å². The van der Waals surface area contributed by atoms with Gasteiger partial charge in [-0.15, -0.1) is 0 Å². The molecule has 19 heavy (non-hydrogen) atoms. The molecule has 0 aromatic rings. The first-order valence-electron chi connectivity index (χ1n) is 7.64. The van der Waals surface area contributed by atoms with Crippen molar-refractivity contribution >= 4 is 43.7 Å². The third kappa shape index (κ3) is 20.9. The molecule has 0 amide bonds. The summed E-state index contributed by atoms with van der Waals surface area (Å²) in [7, 11) is 0. The fourth-order valence-corrected chi connectivity index (χ4v) is 1.99. The molecule has 0 atom stereocenters. The van der Waals surface area contributed by atoms with E-state index in [9.17, 15) is 4.79 Å². The van der Waals surface area contributed by atoms with Crippen LogP contribution < -0.4 is 0 Å². The van der Waals surface area contributed by atoms with Gasteiger partial charge in [-0.25, -0.2) is 0 Å². The van der Waals surface area contributed by atoms with Crippen molar-refractivity contribution in [2.45, 2.75) is 84.0 Å². The maximum absolute atomic E-state index is 10.3. The quantitative estimate of drug-likeness (QED) is 0.310. The molecule has 0 rings (SSSR count). The minimum absolute atomic E-state index is 0. The fraction of sp³-hybridized carbons (Fsp3) is 0.812. The standard InChI is InChI=1S/C16H30O2.Ca.2H/c1-2-3-4-5-6-7-8-9-10-11-12-13-14-15-16(17)18;;;/h7-8H,2-6,9-15H2,1H3,(H,17,18);;;. The van der Waals surface area contributed by atoms with Gasteiger partial charge in [0.1, 0.15) is 0 Å². The van der Waals surface area contributed by atoms with E-state index in [2.05, 4.69) is 19.1 Å². The van der Waals surface area contributed by atoms with Crippen LogP contribution in [-0.2, 0) is 4.79 Å². The van der Waals surface area contributed by atoms with Gasteiger partial charge in [0.25, 0.3) is 0 Å². The van der Waals surface area contributed by atoms with Crippen LogP contribution in [0.5, 0.6) is 0 Å². The molecular formula is C16H32CaO2. The van der Waals surface area contributed by atoms with E-state index >= 15 is 0 Å². The SMILES string of the molecule is CCCCCCC=CCCCCCCCC(=O)O.[CaH2]. The van der Waals surface area contributed by atoms with Crippen LogP contribution in [0.3, 0.4) is 0 Å². The number of hydrogen-bond donors (Lipinski definition) is 1. The second kappa shape index (κ2) is 18.5. The average molecular weight is 297 g/mol. The van der Waals surface area contributed by atoms with E-state index in [-0.39, 0.29) is 37.7 Å². The normalized spacial score (nSPS) is 10.6. The molecule has 110 valence electrons. The van der Waals surface area contributed by atoms with Gasteiger partial charge in [0.2, 0.25) is 0 Å². The Hall–Kier alpha value is 0.470. The number of unbranched alkanes of at least 4 members (excludes halogenated alkanes) is 9. The second-order valence-electron chi connectivity index (χ2n) is 5.02. The summed E-state index contributed by atoms with van der Waals surface area (Å²) >= 11 is 0. The summed E-state index contributed by atoms with van der Waals surface area (Å²) < 4.78 is 0. The Morgan fingerprint density at radius 2 is 1.32 bits per heavy atom. The molecule has 0 aromatic carbocycles. The van der Waals surface area contributed by atoms with E-state index in [4.69, 9.17) is 5.11 Å². The molecule has 0 saturated heterocycles. The number of carboxylic acid groups (broad SMARTS) is 1. The predicted molar refractivity (Wildman–Crippen MR) is 86.4 cm³/mol. The van der Waals surface area contributed by atoms with Crippen LogP contribution in [0.15, 0.2) is 12.2 Å². The Labute approximate surface area is 149 Å². The van der Waals surface area contributed by atoms with Crippen LogP contribution >= 0.6 is 0 Å². The van der Waals surface area contributed by atoms with Gasteiger partial charge in [-0.3, -0.25) is 4.79 Å². The number of hydrogen-bond acceptors (Lipinski definition) is 1. The Kier molecular flexibility index (Phi) is 21.2. The summed E-state index contributed by atoms with van der Waals surface area (Å²) in [5.74, 6) is -0.666. The monoisotopic (exact) mass is 296 g/mol. The zero-order valence-corrected chi connectivity index (χ0v) is 12.0. The molecular weight excluding hydrogens is 264 g/mol. The summed E-state index contributed by atoms with van der Waals surface area (Å²) in [5, 5.41) is 8.48. The first kappa shape index (κ1) is 21.8. The summed E-state index contributed by atoms with van der Waals surface area (Å²) in [6.45, 7) is 2.24. The van der Waals surface area contributed by atoms with Crippen LogP contribution in [0.4, 0.5) is 0 Å². The average Bonchev–Trinajstić information content (AvgIpc) is 2.34. The van der Waals surface area contributed by atoms with Gasteiger partial charge in [-0.1, -0.05) is 57.6 Å². The second-order valence-corrected chi connectivity index (χ2v) is 5.02. The van der Waals surface area contributed by atoms with E-state index in [1.807, 2.05) is 0 Å². The molecule has 2 nitrogen and oxygen atoms in total. The van der Waals surface area contributed by atoms with Crippen molar-refractivity contribution < 1.29 is 9.90 Å². The van der Waals surface area contributed by atoms with Gasteiger partial charge in [-0.2, -0.15) is 0 Å². The molecule has 1 N–H and O–H groups in total. The van der Waals surface area contributed by atoms with Gasteiger partial charge in [-0.05, 0) is 32.1 Å². The van der Waals surface area contributed by atoms with Crippen molar-refractivity contribution in [1.29, 1.82) is 0 Å². The molecule has 0 aliphatic rings. The molecule has 0 fully saturated rings. The summed E-state index contributed by atoms with van der Waals surface area (Å²) in [6.07, 6.45) is 18.3. The Balaban J connectivity index is 0. The molecule has 0 unspecified atom stereocenters. The first-order chi connectivity index (χ1) is 8.77. The van der Waals surface area contributed by atoms with Gasteiger partial charge in [0.15, 0.2) is 0 Å². The van der Waals surface area contributed by atoms with Crippen molar-refractivity contribution in [3.63, 3.8) is 0 Å². The number of allylic oxidation sites excluding steroid dienone is 2. The van der Waals surface area contributed by atoms with Crippen molar-refractivity contribution in [1.82, 2.24) is 0 Å². The Morgan fingerprint density at radius 1 is 0.842 bits per heavy atom. The third-order valence-corrected chi connectivity index (χ3v) is 3.15. The molecule has 0 aromatic heterocycles. The van der Waals surface area contributed by atoms with E-state index < -0.39 is 5.97 Å². The van der Waals surface area contributed by atoms with Crippen LogP contribution in [0.25, 0.3) is 0 Å². The zero-order chi connectivity index (χ0) is 13.5. The predicted octanol–water partition coefficient (Wildman–Crippen LogP) is 4.41. The molecule has 0 spiro atoms. The third-order valence-electron chi connectivity index (χ3n) is 3.15. The maximum atomic E-state index is 10.3. The van der Waals surface area contributed by atoms with Gasteiger partial charge < -0.3 is 5.11 Å². The summed E-state index contributed by atoms with van der Waals surface area (Å²) in [4.78, 5) is 10.3. The molecule has 0 bridgehead atoms. The summed E-state index contributed by atoms with van der Waals surface area (Å²) in [5.41, 5.74) is 0.